The van der Waals surface area contributed by atoms with Crippen molar-refractivity contribution in [3.63, 3.8) is 0 Å². The van der Waals surface area contributed by atoms with Crippen molar-refractivity contribution < 1.29 is 18.6 Å². The summed E-state index contributed by atoms with van der Waals surface area (Å²) in [5, 5.41) is 0. The summed E-state index contributed by atoms with van der Waals surface area (Å²) >= 11 is 6.60. The maximum atomic E-state index is 17.2. The van der Waals surface area contributed by atoms with E-state index in [0.717, 1.165) is 16.7 Å². The van der Waals surface area contributed by atoms with Crippen molar-refractivity contribution in [2.75, 3.05) is 25.2 Å². The number of hydrogen-bond acceptors (Lipinski definition) is 9. The highest BCUT2D eigenvalue weighted by Gasteiger charge is 2.56. The molecule has 0 unspecified atom stereocenters. The molecule has 0 aliphatic carbocycles. The van der Waals surface area contributed by atoms with Gasteiger partial charge in [-0.15, -0.1) is 0 Å². The molecule has 1 fully saturated rings. The number of nitrogens with two attached hydrogens (primary N) is 1. The summed E-state index contributed by atoms with van der Waals surface area (Å²) in [6.07, 6.45) is 2.36. The molecule has 11 heteroatoms. The van der Waals surface area contributed by atoms with E-state index in [4.69, 9.17) is 32.2 Å². The number of alkyl halides is 1. The molecule has 1 aliphatic heterocycles. The van der Waals surface area contributed by atoms with Crippen LogP contribution in [0.3, 0.4) is 0 Å². The number of nitrogens with zero attached hydrogens (tertiary/aromatic N) is 4. The Morgan fingerprint density at radius 2 is 1.57 bits per heavy atom. The van der Waals surface area contributed by atoms with Crippen LogP contribution in [0.2, 0.25) is 0 Å². The van der Waals surface area contributed by atoms with Gasteiger partial charge < -0.3 is 19.9 Å². The summed E-state index contributed by atoms with van der Waals surface area (Å²) in [4.78, 5) is 12.5. The molecule has 2 aromatic heterocycles. The van der Waals surface area contributed by atoms with Crippen molar-refractivity contribution in [2.24, 2.45) is 0 Å². The van der Waals surface area contributed by atoms with Crippen LogP contribution in [-0.4, -0.2) is 55.6 Å². The topological polar surface area (TPSA) is 97.3 Å². The molecule has 0 spiro atoms. The minimum Gasteiger partial charge on any atom is -0.467 e. The molecule has 5 aromatic rings. The highest BCUT2D eigenvalue weighted by molar-refractivity contribution is 8.22. The van der Waals surface area contributed by atoms with Crippen LogP contribution in [0.5, 0.6) is 0 Å². The molecule has 214 valence electrons. The number of hydrogen-bond donors (Lipinski definition) is 1. The molecule has 8 nitrogen and oxygen atoms in total. The quantitative estimate of drug-likeness (QED) is 0.183. The van der Waals surface area contributed by atoms with Gasteiger partial charge in [-0.25, -0.2) is 19.3 Å². The van der Waals surface area contributed by atoms with Gasteiger partial charge in [0.2, 0.25) is 4.38 Å². The first-order valence-corrected chi connectivity index (χ1v) is 14.9. The van der Waals surface area contributed by atoms with Gasteiger partial charge in [0.05, 0.1) is 6.61 Å². The highest BCUT2D eigenvalue weighted by atomic mass is 32.2. The van der Waals surface area contributed by atoms with Gasteiger partial charge in [0.1, 0.15) is 36.5 Å². The number of thiocarbonyl (C=S) groups is 1. The Balaban J connectivity index is 1.42. The summed E-state index contributed by atoms with van der Waals surface area (Å²) < 4.78 is 37.8. The van der Waals surface area contributed by atoms with Gasteiger partial charge in [-0.1, -0.05) is 103 Å². The number of ether oxygens (including phenoxy) is 3. The van der Waals surface area contributed by atoms with E-state index in [1.807, 2.05) is 91.0 Å². The van der Waals surface area contributed by atoms with Gasteiger partial charge in [-0.2, -0.15) is 0 Å². The first kappa shape index (κ1) is 28.2. The van der Waals surface area contributed by atoms with E-state index in [0.29, 0.717) is 0 Å². The number of aromatic nitrogens is 4. The summed E-state index contributed by atoms with van der Waals surface area (Å²) in [5.74, 6) is -2.06. The first-order valence-electron chi connectivity index (χ1n) is 13.3. The second-order valence-electron chi connectivity index (χ2n) is 9.80. The number of nitrogen functional groups attached to an aromatic ring is 1. The Morgan fingerprint density at radius 3 is 2.12 bits per heavy atom. The zero-order chi connectivity index (χ0) is 29.2. The van der Waals surface area contributed by atoms with Gasteiger partial charge in [-0.3, -0.25) is 4.57 Å². The lowest BCUT2D eigenvalue weighted by Gasteiger charge is -2.37. The predicted molar refractivity (Wildman–Crippen MR) is 165 cm³/mol. The molecule has 3 heterocycles. The molecular formula is C31H28FN5O3S2. The number of fused-ring (bicyclic) bond motifs is 1. The zero-order valence-corrected chi connectivity index (χ0v) is 24.3. The third-order valence-corrected chi connectivity index (χ3v) is 8.46. The minimum atomic E-state index is -2.21. The molecule has 1 saturated heterocycles. The molecule has 0 bridgehead atoms. The number of thioether (sulfide) groups is 1. The van der Waals surface area contributed by atoms with Gasteiger partial charge in [-0.05, 0) is 35.2 Å². The van der Waals surface area contributed by atoms with Crippen molar-refractivity contribution >= 4 is 45.3 Å². The van der Waals surface area contributed by atoms with Crippen molar-refractivity contribution in [1.82, 2.24) is 19.5 Å². The predicted octanol–water partition coefficient (Wildman–Crippen LogP) is 5.47. The van der Waals surface area contributed by atoms with Crippen LogP contribution in [0.15, 0.2) is 104 Å². The van der Waals surface area contributed by atoms with E-state index in [1.54, 1.807) is 6.26 Å². The van der Waals surface area contributed by atoms with E-state index < -0.39 is 23.6 Å². The van der Waals surface area contributed by atoms with E-state index in [9.17, 15) is 0 Å². The Hall–Kier alpha value is -3.90. The number of rotatable bonds is 8. The van der Waals surface area contributed by atoms with Crippen LogP contribution in [-0.2, 0) is 25.6 Å². The summed E-state index contributed by atoms with van der Waals surface area (Å²) in [7, 11) is 0. The summed E-state index contributed by atoms with van der Waals surface area (Å²) in [6, 6.07) is 29.8. The third kappa shape index (κ3) is 4.92. The van der Waals surface area contributed by atoms with E-state index in [1.165, 1.54) is 29.0 Å². The first-order chi connectivity index (χ1) is 20.5. The zero-order valence-electron chi connectivity index (χ0n) is 22.7. The fourth-order valence-corrected chi connectivity index (χ4v) is 5.74. The van der Waals surface area contributed by atoms with E-state index in [2.05, 4.69) is 15.0 Å². The monoisotopic (exact) mass is 601 g/mol. The number of anilines is 1. The molecule has 2 N–H and O–H groups in total. The molecule has 6 rings (SSSR count). The molecule has 1 aliphatic rings. The average molecular weight is 602 g/mol. The molecular weight excluding hydrogens is 574 g/mol. The van der Waals surface area contributed by atoms with E-state index >= 15 is 4.39 Å². The molecule has 0 radical (unpaired) electrons. The van der Waals surface area contributed by atoms with Gasteiger partial charge >= 0.3 is 0 Å². The van der Waals surface area contributed by atoms with Crippen molar-refractivity contribution in [3.8, 4) is 0 Å². The number of imidazole rings is 1. The molecule has 0 saturated carbocycles. The normalized spacial score (nSPS) is 20.5. The second kappa shape index (κ2) is 11.8. The Labute approximate surface area is 252 Å². The van der Waals surface area contributed by atoms with Crippen molar-refractivity contribution in [3.05, 3.63) is 120 Å². The van der Waals surface area contributed by atoms with Gasteiger partial charge in [0.25, 0.3) is 5.79 Å². The molecule has 3 atom stereocenters. The van der Waals surface area contributed by atoms with Gasteiger partial charge in [0.15, 0.2) is 17.6 Å². The Kier molecular flexibility index (Phi) is 7.91. The fourth-order valence-electron chi connectivity index (χ4n) is 5.44. The Bertz CT molecular complexity index is 1580. The lowest BCUT2D eigenvalue weighted by atomic mass is 9.80. The number of halogens is 1. The molecule has 0 amide bonds. The lowest BCUT2D eigenvalue weighted by molar-refractivity contribution is -0.0750. The smallest absolute Gasteiger partial charge is 0.252 e. The lowest BCUT2D eigenvalue weighted by Crippen LogP contribution is -2.47. The fraction of sp³-hybridized carbons (Fsp3) is 0.226. The van der Waals surface area contributed by atoms with E-state index in [-0.39, 0.29) is 34.6 Å². The Morgan fingerprint density at radius 1 is 1.00 bits per heavy atom. The minimum absolute atomic E-state index is 0.0181. The maximum Gasteiger partial charge on any atom is 0.252 e. The second-order valence-corrected chi connectivity index (χ2v) is 11.2. The van der Waals surface area contributed by atoms with Crippen LogP contribution in [0.1, 0.15) is 16.7 Å². The van der Waals surface area contributed by atoms with Gasteiger partial charge in [0, 0.05) is 0 Å². The van der Waals surface area contributed by atoms with Crippen LogP contribution in [0.25, 0.3) is 11.2 Å². The van der Waals surface area contributed by atoms with Crippen LogP contribution >= 0.6 is 24.0 Å². The van der Waals surface area contributed by atoms with Crippen LogP contribution in [0, 0.1) is 0 Å². The SMILES string of the molecule is CSC(=S)O[C@@H]1[C@@H](COC(c2ccccc2)(c2ccccc2)c2ccccc2)OC[C@]1(F)n1cnc2c(N)ncnc21. The molecule has 3 aromatic carbocycles. The standard InChI is InChI=1S/C31H28FN5O3S2/c1-42-29(41)40-26-24(38-18-30(26,32)37-20-36-25-27(33)34-19-35-28(25)37)17-39-31(21-11-5-2-6-12-21,22-13-7-3-8-14-22)23-15-9-4-10-16-23/h2-16,19-20,24,26H,17-18H2,1H3,(H2,33,34,35)/t24-,26-,30+/m1/s1. The van der Waals surface area contributed by atoms with Crippen LogP contribution in [0.4, 0.5) is 10.2 Å². The number of benzene rings is 3. The third-order valence-electron chi connectivity index (χ3n) is 7.43. The molecule has 42 heavy (non-hydrogen) atoms. The average Bonchev–Trinajstić information content (AvgIpc) is 3.62. The van der Waals surface area contributed by atoms with Crippen molar-refractivity contribution in [1.29, 1.82) is 0 Å². The largest absolute Gasteiger partial charge is 0.467 e. The highest BCUT2D eigenvalue weighted by Crippen LogP contribution is 2.43. The maximum absolute atomic E-state index is 17.2. The summed E-state index contributed by atoms with van der Waals surface area (Å²) in [6.45, 7) is -0.358. The summed E-state index contributed by atoms with van der Waals surface area (Å²) in [5.41, 5.74) is 8.21. The van der Waals surface area contributed by atoms with Crippen LogP contribution < -0.4 is 5.73 Å². The van der Waals surface area contributed by atoms with Crippen molar-refractivity contribution in [2.45, 2.75) is 23.6 Å².